The van der Waals surface area contributed by atoms with Gasteiger partial charge in [0.25, 0.3) is 0 Å². The smallest absolute Gasteiger partial charge is 0.308 e. The standard InChI is InChI=1S/C9H19NO3/c1-8(2)9(11)13-7-6-12-5-4-10-3/h8,10H,4-7H2,1-3H3. The van der Waals surface area contributed by atoms with Crippen molar-refractivity contribution < 1.29 is 14.3 Å². The number of likely N-dealkylation sites (N-methyl/N-ethyl adjacent to an activating group) is 1. The molecule has 0 fully saturated rings. The van der Waals surface area contributed by atoms with Crippen LogP contribution >= 0.6 is 0 Å². The van der Waals surface area contributed by atoms with Crippen LogP contribution in [0.15, 0.2) is 0 Å². The molecule has 0 rings (SSSR count). The number of ether oxygens (including phenoxy) is 2. The normalized spacial score (nSPS) is 10.5. The Balaban J connectivity index is 3.12. The first kappa shape index (κ1) is 12.4. The summed E-state index contributed by atoms with van der Waals surface area (Å²) in [6.07, 6.45) is 0. The molecule has 0 bridgehead atoms. The Bertz CT molecular complexity index is 137. The molecule has 0 aromatic heterocycles. The summed E-state index contributed by atoms with van der Waals surface area (Å²) in [6.45, 7) is 5.91. The summed E-state index contributed by atoms with van der Waals surface area (Å²) in [5.41, 5.74) is 0. The van der Waals surface area contributed by atoms with Crippen LogP contribution in [-0.2, 0) is 14.3 Å². The molecule has 4 nitrogen and oxygen atoms in total. The van der Waals surface area contributed by atoms with Crippen molar-refractivity contribution in [2.45, 2.75) is 13.8 Å². The number of hydrogen-bond donors (Lipinski definition) is 1. The third-order valence-electron chi connectivity index (χ3n) is 1.44. The first-order valence-corrected chi connectivity index (χ1v) is 4.57. The lowest BCUT2D eigenvalue weighted by molar-refractivity contribution is -0.148. The average molecular weight is 189 g/mol. The van der Waals surface area contributed by atoms with Crippen molar-refractivity contribution in [3.8, 4) is 0 Å². The van der Waals surface area contributed by atoms with Gasteiger partial charge in [0, 0.05) is 6.54 Å². The van der Waals surface area contributed by atoms with Gasteiger partial charge in [0.2, 0.25) is 0 Å². The number of hydrogen-bond acceptors (Lipinski definition) is 4. The largest absolute Gasteiger partial charge is 0.463 e. The molecule has 0 aliphatic carbocycles. The maximum absolute atomic E-state index is 10.9. The molecule has 0 saturated carbocycles. The number of carbonyl (C=O) groups excluding carboxylic acids is 1. The molecule has 0 spiro atoms. The minimum Gasteiger partial charge on any atom is -0.463 e. The molecule has 0 aromatic carbocycles. The molecule has 4 heteroatoms. The fourth-order valence-electron chi connectivity index (χ4n) is 0.644. The molecular weight excluding hydrogens is 170 g/mol. The van der Waals surface area contributed by atoms with E-state index in [0.29, 0.717) is 19.8 Å². The molecule has 0 aliphatic heterocycles. The summed E-state index contributed by atoms with van der Waals surface area (Å²) < 4.78 is 10.1. The zero-order valence-electron chi connectivity index (χ0n) is 8.63. The SMILES string of the molecule is CNCCOCCOC(=O)C(C)C. The molecule has 0 saturated heterocycles. The van der Waals surface area contributed by atoms with Gasteiger partial charge in [-0.05, 0) is 7.05 Å². The van der Waals surface area contributed by atoms with E-state index >= 15 is 0 Å². The predicted molar refractivity (Wildman–Crippen MR) is 50.5 cm³/mol. The zero-order valence-corrected chi connectivity index (χ0v) is 8.63. The summed E-state index contributed by atoms with van der Waals surface area (Å²) in [6, 6.07) is 0. The summed E-state index contributed by atoms with van der Waals surface area (Å²) in [7, 11) is 1.86. The molecule has 0 aromatic rings. The first-order chi connectivity index (χ1) is 6.18. The van der Waals surface area contributed by atoms with Gasteiger partial charge < -0.3 is 14.8 Å². The summed E-state index contributed by atoms with van der Waals surface area (Å²) in [5, 5.41) is 2.95. The van der Waals surface area contributed by atoms with Crippen LogP contribution in [-0.4, -0.2) is 39.4 Å². The van der Waals surface area contributed by atoms with Gasteiger partial charge in [-0.3, -0.25) is 4.79 Å². The molecule has 0 radical (unpaired) electrons. The van der Waals surface area contributed by atoms with E-state index in [1.54, 1.807) is 0 Å². The highest BCUT2D eigenvalue weighted by Gasteiger charge is 2.06. The Morgan fingerprint density at radius 1 is 1.31 bits per heavy atom. The molecule has 0 unspecified atom stereocenters. The number of carbonyl (C=O) groups is 1. The number of rotatable bonds is 7. The Labute approximate surface area is 79.6 Å². The second-order valence-electron chi connectivity index (χ2n) is 3.04. The molecule has 0 atom stereocenters. The van der Waals surface area contributed by atoms with Gasteiger partial charge in [-0.1, -0.05) is 13.8 Å². The van der Waals surface area contributed by atoms with E-state index < -0.39 is 0 Å². The maximum Gasteiger partial charge on any atom is 0.308 e. The van der Waals surface area contributed by atoms with Crippen LogP contribution in [0.2, 0.25) is 0 Å². The van der Waals surface area contributed by atoms with Gasteiger partial charge in [-0.15, -0.1) is 0 Å². The van der Waals surface area contributed by atoms with E-state index in [-0.39, 0.29) is 11.9 Å². The Hall–Kier alpha value is -0.610. The maximum atomic E-state index is 10.9. The predicted octanol–water partition coefficient (Wildman–Crippen LogP) is 0.422. The van der Waals surface area contributed by atoms with E-state index in [4.69, 9.17) is 9.47 Å². The highest BCUT2D eigenvalue weighted by Crippen LogP contribution is 1.94. The van der Waals surface area contributed by atoms with Crippen molar-refractivity contribution in [3.05, 3.63) is 0 Å². The average Bonchev–Trinajstić information content (AvgIpc) is 2.10. The number of esters is 1. The highest BCUT2D eigenvalue weighted by atomic mass is 16.6. The zero-order chi connectivity index (χ0) is 10.1. The van der Waals surface area contributed by atoms with Crippen LogP contribution in [0, 0.1) is 5.92 Å². The first-order valence-electron chi connectivity index (χ1n) is 4.57. The van der Waals surface area contributed by atoms with Gasteiger partial charge in [-0.2, -0.15) is 0 Å². The van der Waals surface area contributed by atoms with E-state index in [2.05, 4.69) is 5.32 Å². The molecular formula is C9H19NO3. The minimum atomic E-state index is -0.169. The lowest BCUT2D eigenvalue weighted by Gasteiger charge is -2.07. The van der Waals surface area contributed by atoms with Gasteiger partial charge in [0.15, 0.2) is 0 Å². The lowest BCUT2D eigenvalue weighted by Crippen LogP contribution is -2.18. The van der Waals surface area contributed by atoms with Gasteiger partial charge in [0.05, 0.1) is 19.1 Å². The summed E-state index contributed by atoms with van der Waals surface area (Å²) in [5.74, 6) is -0.227. The highest BCUT2D eigenvalue weighted by molar-refractivity contribution is 5.71. The van der Waals surface area contributed by atoms with Crippen molar-refractivity contribution in [2.75, 3.05) is 33.4 Å². The fraction of sp³-hybridized carbons (Fsp3) is 0.889. The van der Waals surface area contributed by atoms with Crippen LogP contribution in [0.25, 0.3) is 0 Å². The van der Waals surface area contributed by atoms with Crippen LogP contribution in [0.5, 0.6) is 0 Å². The quantitative estimate of drug-likeness (QED) is 0.466. The fourth-order valence-corrected chi connectivity index (χ4v) is 0.644. The van der Waals surface area contributed by atoms with Crippen molar-refractivity contribution in [1.29, 1.82) is 0 Å². The van der Waals surface area contributed by atoms with E-state index in [0.717, 1.165) is 6.54 Å². The molecule has 0 amide bonds. The Kier molecular flexibility index (Phi) is 7.63. The van der Waals surface area contributed by atoms with Crippen molar-refractivity contribution in [1.82, 2.24) is 5.32 Å². The van der Waals surface area contributed by atoms with Crippen LogP contribution < -0.4 is 5.32 Å². The molecule has 1 N–H and O–H groups in total. The third-order valence-corrected chi connectivity index (χ3v) is 1.44. The summed E-state index contributed by atoms with van der Waals surface area (Å²) in [4.78, 5) is 10.9. The van der Waals surface area contributed by atoms with Crippen LogP contribution in [0.1, 0.15) is 13.8 Å². The third kappa shape index (κ3) is 7.74. The minimum absolute atomic E-state index is 0.0580. The topological polar surface area (TPSA) is 47.6 Å². The molecule has 0 heterocycles. The second kappa shape index (κ2) is 8.01. The van der Waals surface area contributed by atoms with E-state index in [1.165, 1.54) is 0 Å². The van der Waals surface area contributed by atoms with Crippen LogP contribution in [0.4, 0.5) is 0 Å². The monoisotopic (exact) mass is 189 g/mol. The van der Waals surface area contributed by atoms with Crippen molar-refractivity contribution >= 4 is 5.97 Å². The van der Waals surface area contributed by atoms with Gasteiger partial charge >= 0.3 is 5.97 Å². The molecule has 0 aliphatic rings. The molecule has 78 valence electrons. The van der Waals surface area contributed by atoms with E-state index in [9.17, 15) is 4.79 Å². The Morgan fingerprint density at radius 3 is 2.54 bits per heavy atom. The van der Waals surface area contributed by atoms with Gasteiger partial charge in [-0.25, -0.2) is 0 Å². The second-order valence-corrected chi connectivity index (χ2v) is 3.04. The van der Waals surface area contributed by atoms with Crippen molar-refractivity contribution in [2.24, 2.45) is 5.92 Å². The summed E-state index contributed by atoms with van der Waals surface area (Å²) >= 11 is 0. The molecule has 13 heavy (non-hydrogen) atoms. The Morgan fingerprint density at radius 2 is 2.00 bits per heavy atom. The van der Waals surface area contributed by atoms with Gasteiger partial charge in [0.1, 0.15) is 6.61 Å². The van der Waals surface area contributed by atoms with Crippen LogP contribution in [0.3, 0.4) is 0 Å². The van der Waals surface area contributed by atoms with Crippen molar-refractivity contribution in [3.63, 3.8) is 0 Å². The van der Waals surface area contributed by atoms with E-state index in [1.807, 2.05) is 20.9 Å². The number of nitrogens with one attached hydrogen (secondary N) is 1. The lowest BCUT2D eigenvalue weighted by atomic mass is 10.2.